The Bertz CT molecular complexity index is 771. The molecule has 1 N–H and O–H groups in total. The van der Waals surface area contributed by atoms with Gasteiger partial charge in [0.2, 0.25) is 11.8 Å². The van der Waals surface area contributed by atoms with Crippen molar-refractivity contribution in [1.29, 1.82) is 5.26 Å². The summed E-state index contributed by atoms with van der Waals surface area (Å²) in [5.74, 6) is -0.448. The Morgan fingerprint density at radius 2 is 1.68 bits per heavy atom. The maximum absolute atomic E-state index is 12.3. The zero-order valence-corrected chi connectivity index (χ0v) is 16.5. The summed E-state index contributed by atoms with van der Waals surface area (Å²) in [5, 5.41) is 11.7. The number of hydrogen-bond donors (Lipinski definition) is 1. The van der Waals surface area contributed by atoms with Crippen molar-refractivity contribution in [2.45, 2.75) is 39.2 Å². The van der Waals surface area contributed by atoms with Crippen molar-refractivity contribution >= 4 is 23.6 Å². The minimum Gasteiger partial charge on any atom is -0.444 e. The van der Waals surface area contributed by atoms with Crippen molar-refractivity contribution in [1.82, 2.24) is 9.80 Å². The van der Waals surface area contributed by atoms with Gasteiger partial charge in [-0.25, -0.2) is 4.79 Å². The third-order valence-corrected chi connectivity index (χ3v) is 4.17. The van der Waals surface area contributed by atoms with Gasteiger partial charge in [0.25, 0.3) is 0 Å². The lowest BCUT2D eigenvalue weighted by atomic mass is 10.2. The Morgan fingerprint density at radius 3 is 2.29 bits per heavy atom. The number of nitriles is 1. The van der Waals surface area contributed by atoms with E-state index in [1.54, 1.807) is 34.1 Å². The average Bonchev–Trinajstić information content (AvgIpc) is 2.65. The average molecular weight is 386 g/mol. The molecule has 1 aromatic carbocycles. The number of benzene rings is 1. The maximum atomic E-state index is 12.3. The van der Waals surface area contributed by atoms with Gasteiger partial charge in [0.15, 0.2) is 0 Å². The molecule has 3 amide bonds. The summed E-state index contributed by atoms with van der Waals surface area (Å²) in [6.45, 7) is 7.07. The Hall–Kier alpha value is -3.08. The topological polar surface area (TPSA) is 103 Å². The number of para-hydroxylation sites is 1. The van der Waals surface area contributed by atoms with Crippen LogP contribution >= 0.6 is 0 Å². The molecule has 0 bridgehead atoms. The van der Waals surface area contributed by atoms with E-state index in [0.29, 0.717) is 37.4 Å². The second kappa shape index (κ2) is 9.22. The van der Waals surface area contributed by atoms with E-state index in [1.807, 2.05) is 26.8 Å². The van der Waals surface area contributed by atoms with Gasteiger partial charge in [-0.3, -0.25) is 9.59 Å². The molecule has 2 rings (SSSR count). The number of nitrogens with zero attached hydrogens (tertiary/aromatic N) is 3. The number of carbonyl (C=O) groups is 3. The molecule has 8 heteroatoms. The molecule has 0 spiro atoms. The van der Waals surface area contributed by atoms with Crippen molar-refractivity contribution in [3.05, 3.63) is 29.8 Å². The maximum Gasteiger partial charge on any atom is 0.410 e. The third kappa shape index (κ3) is 6.27. The lowest BCUT2D eigenvalue weighted by Gasteiger charge is -2.35. The van der Waals surface area contributed by atoms with Gasteiger partial charge >= 0.3 is 6.09 Å². The van der Waals surface area contributed by atoms with Gasteiger partial charge in [0.05, 0.1) is 11.3 Å². The second-order valence-electron chi connectivity index (χ2n) is 7.55. The fourth-order valence-corrected chi connectivity index (χ4v) is 2.75. The Kier molecular flexibility index (Phi) is 6.99. The van der Waals surface area contributed by atoms with E-state index < -0.39 is 5.60 Å². The normalized spacial score (nSPS) is 14.2. The standard InChI is InChI=1S/C20H26N4O4/c1-20(2,3)28-19(27)24-12-10-23(11-13-24)18(26)9-8-17(25)22-16-7-5-4-6-15(16)14-21/h4-7H,8-13H2,1-3H3,(H,22,25). The molecular weight excluding hydrogens is 360 g/mol. The quantitative estimate of drug-likeness (QED) is 0.856. The van der Waals surface area contributed by atoms with E-state index in [9.17, 15) is 14.4 Å². The Balaban J connectivity index is 1.76. The predicted molar refractivity (Wildman–Crippen MR) is 103 cm³/mol. The van der Waals surface area contributed by atoms with Crippen molar-refractivity contribution in [3.63, 3.8) is 0 Å². The van der Waals surface area contributed by atoms with Crippen LogP contribution in [-0.4, -0.2) is 59.5 Å². The zero-order chi connectivity index (χ0) is 20.7. The van der Waals surface area contributed by atoms with E-state index in [1.165, 1.54) is 0 Å². The first-order valence-corrected chi connectivity index (χ1v) is 9.24. The van der Waals surface area contributed by atoms with Crippen LogP contribution in [0.5, 0.6) is 0 Å². The molecule has 1 heterocycles. The number of carbonyl (C=O) groups excluding carboxylic acids is 3. The molecule has 0 aromatic heterocycles. The summed E-state index contributed by atoms with van der Waals surface area (Å²) < 4.78 is 5.34. The number of anilines is 1. The number of ether oxygens (including phenoxy) is 1. The van der Waals surface area contributed by atoms with Gasteiger partial charge < -0.3 is 19.9 Å². The first-order chi connectivity index (χ1) is 13.2. The van der Waals surface area contributed by atoms with Crippen LogP contribution in [0, 0.1) is 11.3 Å². The summed E-state index contributed by atoms with van der Waals surface area (Å²) in [5.41, 5.74) is 0.260. The summed E-state index contributed by atoms with van der Waals surface area (Å²) in [6.07, 6.45) is -0.271. The highest BCUT2D eigenvalue weighted by atomic mass is 16.6. The summed E-state index contributed by atoms with van der Waals surface area (Å²) >= 11 is 0. The van der Waals surface area contributed by atoms with Gasteiger partial charge in [-0.05, 0) is 32.9 Å². The number of rotatable bonds is 4. The Morgan fingerprint density at radius 1 is 1.07 bits per heavy atom. The Labute approximate surface area is 165 Å². The van der Waals surface area contributed by atoms with Gasteiger partial charge in [-0.1, -0.05) is 12.1 Å². The van der Waals surface area contributed by atoms with Crippen LogP contribution in [0.15, 0.2) is 24.3 Å². The monoisotopic (exact) mass is 386 g/mol. The molecule has 8 nitrogen and oxygen atoms in total. The lowest BCUT2D eigenvalue weighted by molar-refractivity contribution is -0.134. The fraction of sp³-hybridized carbons (Fsp3) is 0.500. The molecule has 1 saturated heterocycles. The fourth-order valence-electron chi connectivity index (χ4n) is 2.75. The molecule has 0 unspecified atom stereocenters. The highest BCUT2D eigenvalue weighted by molar-refractivity contribution is 5.94. The van der Waals surface area contributed by atoms with E-state index in [4.69, 9.17) is 10.00 Å². The number of amides is 3. The smallest absolute Gasteiger partial charge is 0.410 e. The molecule has 1 aromatic rings. The third-order valence-electron chi connectivity index (χ3n) is 4.17. The first kappa shape index (κ1) is 21.2. The van der Waals surface area contributed by atoms with E-state index >= 15 is 0 Å². The molecule has 0 aliphatic carbocycles. The summed E-state index contributed by atoms with van der Waals surface area (Å²) in [6, 6.07) is 8.72. The molecule has 1 fully saturated rings. The molecule has 1 aliphatic rings. The minimum atomic E-state index is -0.554. The SMILES string of the molecule is CC(C)(C)OC(=O)N1CCN(C(=O)CCC(=O)Nc2ccccc2C#N)CC1. The van der Waals surface area contributed by atoms with Crippen LogP contribution in [0.25, 0.3) is 0 Å². The number of piperazine rings is 1. The van der Waals surface area contributed by atoms with E-state index in [-0.39, 0.29) is 30.7 Å². The van der Waals surface area contributed by atoms with Crippen LogP contribution in [0.2, 0.25) is 0 Å². The molecule has 0 saturated carbocycles. The van der Waals surface area contributed by atoms with Crippen molar-refractivity contribution in [2.24, 2.45) is 0 Å². The van der Waals surface area contributed by atoms with Crippen LogP contribution in [0.3, 0.4) is 0 Å². The van der Waals surface area contributed by atoms with Crippen LogP contribution in [0.1, 0.15) is 39.2 Å². The van der Waals surface area contributed by atoms with E-state index in [2.05, 4.69) is 5.32 Å². The van der Waals surface area contributed by atoms with Crippen molar-refractivity contribution < 1.29 is 19.1 Å². The lowest BCUT2D eigenvalue weighted by Crippen LogP contribution is -2.51. The molecular formula is C20H26N4O4. The molecule has 1 aliphatic heterocycles. The summed E-state index contributed by atoms with van der Waals surface area (Å²) in [7, 11) is 0. The molecule has 0 atom stereocenters. The van der Waals surface area contributed by atoms with Gasteiger partial charge in [0, 0.05) is 39.0 Å². The minimum absolute atomic E-state index is 0.0326. The zero-order valence-electron chi connectivity index (χ0n) is 16.5. The highest BCUT2D eigenvalue weighted by Gasteiger charge is 2.27. The van der Waals surface area contributed by atoms with Crippen molar-refractivity contribution in [2.75, 3.05) is 31.5 Å². The van der Waals surface area contributed by atoms with Crippen LogP contribution < -0.4 is 5.32 Å². The second-order valence-corrected chi connectivity index (χ2v) is 7.55. The predicted octanol–water partition coefficient (Wildman–Crippen LogP) is 2.36. The van der Waals surface area contributed by atoms with Gasteiger partial charge in [-0.15, -0.1) is 0 Å². The number of hydrogen-bond acceptors (Lipinski definition) is 5. The van der Waals surface area contributed by atoms with E-state index in [0.717, 1.165) is 0 Å². The van der Waals surface area contributed by atoms with Crippen LogP contribution in [0.4, 0.5) is 10.5 Å². The molecule has 28 heavy (non-hydrogen) atoms. The first-order valence-electron chi connectivity index (χ1n) is 9.24. The van der Waals surface area contributed by atoms with Gasteiger partial charge in [-0.2, -0.15) is 5.26 Å². The van der Waals surface area contributed by atoms with Crippen molar-refractivity contribution in [3.8, 4) is 6.07 Å². The van der Waals surface area contributed by atoms with Crippen LogP contribution in [-0.2, 0) is 14.3 Å². The number of nitrogens with one attached hydrogen (secondary N) is 1. The molecule has 150 valence electrons. The molecule has 0 radical (unpaired) electrons. The highest BCUT2D eigenvalue weighted by Crippen LogP contribution is 2.15. The van der Waals surface area contributed by atoms with Gasteiger partial charge in [0.1, 0.15) is 11.7 Å². The summed E-state index contributed by atoms with van der Waals surface area (Å²) in [4.78, 5) is 39.7. The largest absolute Gasteiger partial charge is 0.444 e.